The van der Waals surface area contributed by atoms with Crippen LogP contribution in [0.2, 0.25) is 0 Å². The zero-order valence-corrected chi connectivity index (χ0v) is 7.50. The van der Waals surface area contributed by atoms with Crippen LogP contribution in [-0.2, 0) is 14.3 Å². The van der Waals surface area contributed by atoms with Gasteiger partial charge in [-0.2, -0.15) is 0 Å². The summed E-state index contributed by atoms with van der Waals surface area (Å²) in [7, 11) is 0. The van der Waals surface area contributed by atoms with Crippen LogP contribution in [0, 0.1) is 0 Å². The molecule has 68 valence electrons. The first-order valence-electron chi connectivity index (χ1n) is 4.07. The summed E-state index contributed by atoms with van der Waals surface area (Å²) in [5.41, 5.74) is 0.433. The topological polar surface area (TPSA) is 35.5 Å². The minimum Gasteiger partial charge on any atom is -0.460 e. The molecule has 1 aliphatic rings. The predicted molar refractivity (Wildman–Crippen MR) is 44.7 cm³/mol. The minimum atomic E-state index is -0.335. The third-order valence-electron chi connectivity index (χ3n) is 1.77. The van der Waals surface area contributed by atoms with Crippen LogP contribution in [0.1, 0.15) is 20.3 Å². The highest BCUT2D eigenvalue weighted by Gasteiger charge is 2.27. The van der Waals surface area contributed by atoms with E-state index < -0.39 is 0 Å². The lowest BCUT2D eigenvalue weighted by Gasteiger charge is -2.32. The number of esters is 1. The number of carbonyl (C=O) groups is 1. The number of carbonyl (C=O) groups excluding carboxylic acids is 1. The molecule has 2 unspecified atom stereocenters. The van der Waals surface area contributed by atoms with Crippen LogP contribution in [0.5, 0.6) is 0 Å². The maximum atomic E-state index is 10.9. The van der Waals surface area contributed by atoms with Gasteiger partial charge in [-0.3, -0.25) is 0 Å². The van der Waals surface area contributed by atoms with E-state index >= 15 is 0 Å². The largest absolute Gasteiger partial charge is 0.460 e. The molecule has 1 rings (SSSR count). The van der Waals surface area contributed by atoms with Gasteiger partial charge in [0.05, 0.1) is 12.2 Å². The Labute approximate surface area is 72.4 Å². The van der Waals surface area contributed by atoms with Crippen LogP contribution in [0.15, 0.2) is 12.2 Å². The van der Waals surface area contributed by atoms with E-state index in [1.54, 1.807) is 6.92 Å². The van der Waals surface area contributed by atoms with Gasteiger partial charge in [0.25, 0.3) is 0 Å². The summed E-state index contributed by atoms with van der Waals surface area (Å²) in [6.45, 7) is 7.46. The zero-order valence-electron chi connectivity index (χ0n) is 7.50. The second kappa shape index (κ2) is 3.72. The van der Waals surface area contributed by atoms with E-state index in [1.165, 1.54) is 0 Å². The van der Waals surface area contributed by atoms with Crippen molar-refractivity contribution in [3.05, 3.63) is 12.2 Å². The molecule has 0 aromatic rings. The van der Waals surface area contributed by atoms with Gasteiger partial charge in [-0.15, -0.1) is 0 Å². The van der Waals surface area contributed by atoms with Gasteiger partial charge in [0.15, 0.2) is 0 Å². The number of rotatable bonds is 3. The van der Waals surface area contributed by atoms with Gasteiger partial charge >= 0.3 is 5.97 Å². The lowest BCUT2D eigenvalue weighted by Crippen LogP contribution is -2.39. The van der Waals surface area contributed by atoms with Gasteiger partial charge in [0.1, 0.15) is 6.61 Å². The molecular formula is C9H14O3. The Hall–Kier alpha value is -0.830. The van der Waals surface area contributed by atoms with Crippen molar-refractivity contribution in [1.29, 1.82) is 0 Å². The highest BCUT2D eigenvalue weighted by molar-refractivity contribution is 5.86. The molecule has 0 radical (unpaired) electrons. The molecule has 3 heteroatoms. The fourth-order valence-corrected chi connectivity index (χ4v) is 1.09. The predicted octanol–water partition coefficient (Wildman–Crippen LogP) is 1.28. The van der Waals surface area contributed by atoms with Crippen molar-refractivity contribution < 1.29 is 14.3 Å². The standard InChI is InChI=1S/C9H14O3/c1-6(2)9(10)11-5-8-4-7(3)12-8/h7-8H,1,4-5H2,2-3H3. The van der Waals surface area contributed by atoms with Gasteiger partial charge in [-0.05, 0) is 13.8 Å². The number of ether oxygens (including phenoxy) is 2. The van der Waals surface area contributed by atoms with E-state index in [-0.39, 0.29) is 12.1 Å². The second-order valence-corrected chi connectivity index (χ2v) is 3.18. The molecular weight excluding hydrogens is 156 g/mol. The molecule has 3 nitrogen and oxygen atoms in total. The maximum Gasteiger partial charge on any atom is 0.333 e. The van der Waals surface area contributed by atoms with E-state index in [1.807, 2.05) is 6.92 Å². The molecule has 0 spiro atoms. The molecule has 1 aliphatic heterocycles. The van der Waals surface area contributed by atoms with Crippen molar-refractivity contribution in [2.24, 2.45) is 0 Å². The summed E-state index contributed by atoms with van der Waals surface area (Å²) in [4.78, 5) is 10.9. The average molecular weight is 170 g/mol. The third-order valence-corrected chi connectivity index (χ3v) is 1.77. The second-order valence-electron chi connectivity index (χ2n) is 3.18. The molecule has 0 aromatic carbocycles. The van der Waals surface area contributed by atoms with Crippen LogP contribution in [-0.4, -0.2) is 24.8 Å². The molecule has 0 saturated carbocycles. The Morgan fingerprint density at radius 3 is 2.75 bits per heavy atom. The fraction of sp³-hybridized carbons (Fsp3) is 0.667. The van der Waals surface area contributed by atoms with Crippen molar-refractivity contribution in [1.82, 2.24) is 0 Å². The molecule has 1 heterocycles. The van der Waals surface area contributed by atoms with Crippen molar-refractivity contribution in [3.63, 3.8) is 0 Å². The Bertz CT molecular complexity index is 192. The summed E-state index contributed by atoms with van der Waals surface area (Å²) in [5, 5.41) is 0. The third kappa shape index (κ3) is 2.34. The van der Waals surface area contributed by atoms with Crippen LogP contribution in [0.4, 0.5) is 0 Å². The molecule has 1 saturated heterocycles. The van der Waals surface area contributed by atoms with Crippen molar-refractivity contribution in [3.8, 4) is 0 Å². The van der Waals surface area contributed by atoms with Crippen LogP contribution < -0.4 is 0 Å². The van der Waals surface area contributed by atoms with Crippen molar-refractivity contribution in [2.75, 3.05) is 6.61 Å². The summed E-state index contributed by atoms with van der Waals surface area (Å²) in [5.74, 6) is -0.335. The fourth-order valence-electron chi connectivity index (χ4n) is 1.09. The van der Waals surface area contributed by atoms with Gasteiger partial charge < -0.3 is 9.47 Å². The van der Waals surface area contributed by atoms with Crippen LogP contribution in [0.3, 0.4) is 0 Å². The first-order valence-corrected chi connectivity index (χ1v) is 4.07. The molecule has 1 fully saturated rings. The highest BCUT2D eigenvalue weighted by Crippen LogP contribution is 2.19. The lowest BCUT2D eigenvalue weighted by atomic mass is 10.1. The molecule has 12 heavy (non-hydrogen) atoms. The van der Waals surface area contributed by atoms with E-state index in [4.69, 9.17) is 9.47 Å². The lowest BCUT2D eigenvalue weighted by molar-refractivity contribution is -0.162. The summed E-state index contributed by atoms with van der Waals surface area (Å²) < 4.78 is 10.2. The number of hydrogen-bond acceptors (Lipinski definition) is 3. The summed E-state index contributed by atoms with van der Waals surface area (Å²) >= 11 is 0. The smallest absolute Gasteiger partial charge is 0.333 e. The molecule has 2 atom stereocenters. The number of hydrogen-bond donors (Lipinski definition) is 0. The molecule has 0 aliphatic carbocycles. The van der Waals surface area contributed by atoms with E-state index in [9.17, 15) is 4.79 Å². The molecule has 0 amide bonds. The monoisotopic (exact) mass is 170 g/mol. The van der Waals surface area contributed by atoms with Gasteiger partial charge in [0, 0.05) is 12.0 Å². The van der Waals surface area contributed by atoms with Crippen molar-refractivity contribution >= 4 is 5.97 Å². The van der Waals surface area contributed by atoms with Crippen LogP contribution in [0.25, 0.3) is 0 Å². The Kier molecular flexibility index (Phi) is 2.87. The van der Waals surface area contributed by atoms with Gasteiger partial charge in [0.2, 0.25) is 0 Å². The Morgan fingerprint density at radius 2 is 2.33 bits per heavy atom. The van der Waals surface area contributed by atoms with E-state index in [0.29, 0.717) is 18.3 Å². The summed E-state index contributed by atoms with van der Waals surface area (Å²) in [6.07, 6.45) is 1.39. The van der Waals surface area contributed by atoms with Crippen molar-refractivity contribution in [2.45, 2.75) is 32.5 Å². The maximum absolute atomic E-state index is 10.9. The van der Waals surface area contributed by atoms with Gasteiger partial charge in [-0.1, -0.05) is 6.58 Å². The first kappa shape index (κ1) is 9.26. The van der Waals surface area contributed by atoms with Crippen LogP contribution >= 0.6 is 0 Å². The zero-order chi connectivity index (χ0) is 9.14. The minimum absolute atomic E-state index is 0.100. The normalized spacial score (nSPS) is 27.5. The van der Waals surface area contributed by atoms with E-state index in [0.717, 1.165) is 6.42 Å². The Balaban J connectivity index is 2.10. The Morgan fingerprint density at radius 1 is 1.75 bits per heavy atom. The first-order chi connectivity index (χ1) is 5.59. The quantitative estimate of drug-likeness (QED) is 0.473. The molecule has 0 N–H and O–H groups in total. The van der Waals surface area contributed by atoms with Gasteiger partial charge in [-0.25, -0.2) is 4.79 Å². The SMILES string of the molecule is C=C(C)C(=O)OCC1CC(C)O1. The average Bonchev–Trinajstić information content (AvgIpc) is 1.95. The molecule has 0 aromatic heterocycles. The highest BCUT2D eigenvalue weighted by atomic mass is 16.6. The summed E-state index contributed by atoms with van der Waals surface area (Å²) in [6, 6.07) is 0. The van der Waals surface area contributed by atoms with E-state index in [2.05, 4.69) is 6.58 Å². The molecule has 0 bridgehead atoms.